The number of unbranched alkanes of at least 4 members (excludes halogenated alkanes) is 2. The fourth-order valence-electron chi connectivity index (χ4n) is 4.69. The standard InChI is InChI=1S/C30H39N3O5/c1-6-7-8-19-37-27-20-23(13-14-26(27)36-5)32-17-10-16-31(28(32)34)21-22-11-9-12-25-24(22)15-18-33(25)29(35)38-30(2,3)4/h9,11-15,18,20H,6-8,10,16-17,19,21H2,1-5H3. The van der Waals surface area contributed by atoms with Crippen LogP contribution in [-0.4, -0.2) is 54.0 Å². The molecular weight excluding hydrogens is 482 g/mol. The number of fused-ring (bicyclic) bond motifs is 1. The molecule has 2 amide bonds. The van der Waals surface area contributed by atoms with Gasteiger partial charge in [-0.05, 0) is 63.4 Å². The first-order valence-corrected chi connectivity index (χ1v) is 13.4. The number of methoxy groups -OCH3 is 1. The molecule has 0 radical (unpaired) electrons. The maximum Gasteiger partial charge on any atom is 0.418 e. The van der Waals surface area contributed by atoms with Gasteiger partial charge in [0, 0.05) is 43.0 Å². The van der Waals surface area contributed by atoms with E-state index < -0.39 is 11.7 Å². The van der Waals surface area contributed by atoms with Gasteiger partial charge in [-0.25, -0.2) is 9.59 Å². The number of urea groups is 1. The van der Waals surface area contributed by atoms with Gasteiger partial charge in [-0.3, -0.25) is 9.47 Å². The van der Waals surface area contributed by atoms with E-state index in [0.29, 0.717) is 37.7 Å². The van der Waals surface area contributed by atoms with Crippen LogP contribution in [0, 0.1) is 0 Å². The average Bonchev–Trinajstić information content (AvgIpc) is 3.32. The molecular formula is C30H39N3O5. The molecule has 38 heavy (non-hydrogen) atoms. The zero-order chi connectivity index (χ0) is 27.3. The van der Waals surface area contributed by atoms with Crippen molar-refractivity contribution in [3.63, 3.8) is 0 Å². The monoisotopic (exact) mass is 521 g/mol. The number of ether oxygens (including phenoxy) is 3. The van der Waals surface area contributed by atoms with E-state index in [-0.39, 0.29) is 6.03 Å². The molecule has 0 aliphatic carbocycles. The van der Waals surface area contributed by atoms with Crippen molar-refractivity contribution >= 4 is 28.7 Å². The lowest BCUT2D eigenvalue weighted by molar-refractivity contribution is 0.0544. The first-order chi connectivity index (χ1) is 18.2. The number of amides is 2. The zero-order valence-electron chi connectivity index (χ0n) is 23.2. The van der Waals surface area contributed by atoms with Crippen LogP contribution in [0.5, 0.6) is 11.5 Å². The van der Waals surface area contributed by atoms with Crippen molar-refractivity contribution in [2.45, 2.75) is 65.5 Å². The number of carbonyl (C=O) groups is 2. The van der Waals surface area contributed by atoms with Crippen molar-refractivity contribution in [3.05, 3.63) is 54.2 Å². The Hall–Kier alpha value is -3.68. The highest BCUT2D eigenvalue weighted by molar-refractivity contribution is 5.94. The molecule has 2 aromatic carbocycles. The fourth-order valence-corrected chi connectivity index (χ4v) is 4.69. The third kappa shape index (κ3) is 6.23. The van der Waals surface area contributed by atoms with Crippen LogP contribution in [0.15, 0.2) is 48.7 Å². The summed E-state index contributed by atoms with van der Waals surface area (Å²) >= 11 is 0. The van der Waals surface area contributed by atoms with E-state index in [4.69, 9.17) is 14.2 Å². The average molecular weight is 522 g/mol. The quantitative estimate of drug-likeness (QED) is 0.289. The van der Waals surface area contributed by atoms with E-state index in [1.165, 1.54) is 4.57 Å². The Bertz CT molecular complexity index is 1280. The molecule has 204 valence electrons. The van der Waals surface area contributed by atoms with Crippen molar-refractivity contribution in [3.8, 4) is 11.5 Å². The highest BCUT2D eigenvalue weighted by Crippen LogP contribution is 2.34. The summed E-state index contributed by atoms with van der Waals surface area (Å²) in [4.78, 5) is 30.0. The van der Waals surface area contributed by atoms with Gasteiger partial charge in [0.05, 0.1) is 19.2 Å². The Kier molecular flexibility index (Phi) is 8.49. The summed E-state index contributed by atoms with van der Waals surface area (Å²) in [6.45, 7) is 10.1. The van der Waals surface area contributed by atoms with E-state index in [1.807, 2.05) is 68.1 Å². The minimum Gasteiger partial charge on any atom is -0.493 e. The van der Waals surface area contributed by atoms with Gasteiger partial charge in [0.15, 0.2) is 11.5 Å². The van der Waals surface area contributed by atoms with Gasteiger partial charge in [-0.2, -0.15) is 0 Å². The second kappa shape index (κ2) is 11.8. The minimum atomic E-state index is -0.586. The van der Waals surface area contributed by atoms with Gasteiger partial charge in [0.25, 0.3) is 0 Å². The van der Waals surface area contributed by atoms with Crippen LogP contribution in [0.1, 0.15) is 58.9 Å². The number of carbonyl (C=O) groups excluding carboxylic acids is 2. The van der Waals surface area contributed by atoms with E-state index in [1.54, 1.807) is 18.2 Å². The van der Waals surface area contributed by atoms with Crippen LogP contribution < -0.4 is 14.4 Å². The van der Waals surface area contributed by atoms with Gasteiger partial charge in [-0.1, -0.05) is 31.9 Å². The van der Waals surface area contributed by atoms with Crippen LogP contribution in [-0.2, 0) is 11.3 Å². The largest absolute Gasteiger partial charge is 0.493 e. The molecule has 1 aliphatic rings. The first-order valence-electron chi connectivity index (χ1n) is 13.4. The summed E-state index contributed by atoms with van der Waals surface area (Å²) in [7, 11) is 1.62. The second-order valence-electron chi connectivity index (χ2n) is 10.6. The molecule has 1 aliphatic heterocycles. The van der Waals surface area contributed by atoms with Crippen LogP contribution >= 0.6 is 0 Å². The lowest BCUT2D eigenvalue weighted by atomic mass is 10.1. The van der Waals surface area contributed by atoms with Gasteiger partial charge < -0.3 is 19.1 Å². The number of hydrogen-bond acceptors (Lipinski definition) is 5. The van der Waals surface area contributed by atoms with Gasteiger partial charge in [0.2, 0.25) is 0 Å². The van der Waals surface area contributed by atoms with E-state index in [2.05, 4.69) is 6.92 Å². The van der Waals surface area contributed by atoms with Crippen LogP contribution in [0.4, 0.5) is 15.3 Å². The number of anilines is 1. The molecule has 8 nitrogen and oxygen atoms in total. The third-order valence-electron chi connectivity index (χ3n) is 6.55. The number of hydrogen-bond donors (Lipinski definition) is 0. The summed E-state index contributed by atoms with van der Waals surface area (Å²) in [5.74, 6) is 1.31. The molecule has 4 rings (SSSR count). The predicted molar refractivity (Wildman–Crippen MR) is 149 cm³/mol. The summed E-state index contributed by atoms with van der Waals surface area (Å²) in [5.41, 5.74) is 1.95. The van der Waals surface area contributed by atoms with Crippen molar-refractivity contribution in [2.24, 2.45) is 0 Å². The van der Waals surface area contributed by atoms with E-state index in [0.717, 1.165) is 47.8 Å². The van der Waals surface area contributed by atoms with E-state index >= 15 is 0 Å². The predicted octanol–water partition coefficient (Wildman–Crippen LogP) is 6.83. The highest BCUT2D eigenvalue weighted by atomic mass is 16.6. The summed E-state index contributed by atoms with van der Waals surface area (Å²) in [6, 6.07) is 13.3. The number of aromatic nitrogens is 1. The minimum absolute atomic E-state index is 0.0538. The lowest BCUT2D eigenvalue weighted by Crippen LogP contribution is -2.49. The molecule has 0 atom stereocenters. The van der Waals surface area contributed by atoms with Crippen molar-refractivity contribution in [1.82, 2.24) is 9.47 Å². The van der Waals surface area contributed by atoms with Crippen LogP contribution in [0.2, 0.25) is 0 Å². The van der Waals surface area contributed by atoms with E-state index in [9.17, 15) is 9.59 Å². The molecule has 3 aromatic rings. The smallest absolute Gasteiger partial charge is 0.418 e. The Labute approximate surface area is 225 Å². The fraction of sp³-hybridized carbons (Fsp3) is 0.467. The molecule has 0 saturated carbocycles. The molecule has 2 heterocycles. The first kappa shape index (κ1) is 27.4. The number of benzene rings is 2. The molecule has 0 spiro atoms. The summed E-state index contributed by atoms with van der Waals surface area (Å²) in [6.07, 6.45) is 5.36. The van der Waals surface area contributed by atoms with Crippen LogP contribution in [0.3, 0.4) is 0 Å². The third-order valence-corrected chi connectivity index (χ3v) is 6.55. The van der Waals surface area contributed by atoms with Crippen LogP contribution in [0.25, 0.3) is 10.9 Å². The Morgan fingerprint density at radius 2 is 1.84 bits per heavy atom. The van der Waals surface area contributed by atoms with Gasteiger partial charge in [-0.15, -0.1) is 0 Å². The van der Waals surface area contributed by atoms with Crippen molar-refractivity contribution < 1.29 is 23.8 Å². The lowest BCUT2D eigenvalue weighted by Gasteiger charge is -2.36. The number of nitrogens with zero attached hydrogens (tertiary/aromatic N) is 3. The van der Waals surface area contributed by atoms with Gasteiger partial charge in [0.1, 0.15) is 5.60 Å². The SMILES string of the molecule is CCCCCOc1cc(N2CCCN(Cc3cccc4c3ccn4C(=O)OC(C)(C)C)C2=O)ccc1OC. The molecule has 1 aromatic heterocycles. The normalized spacial score (nSPS) is 14.2. The summed E-state index contributed by atoms with van der Waals surface area (Å²) < 4.78 is 18.6. The second-order valence-corrected chi connectivity index (χ2v) is 10.6. The molecule has 1 saturated heterocycles. The van der Waals surface area contributed by atoms with Crippen molar-refractivity contribution in [2.75, 3.05) is 31.7 Å². The maximum atomic E-state index is 13.6. The topological polar surface area (TPSA) is 73.2 Å². The number of rotatable bonds is 9. The maximum absolute atomic E-state index is 13.6. The summed E-state index contributed by atoms with van der Waals surface area (Å²) in [5, 5.41) is 0.926. The molecule has 8 heteroatoms. The van der Waals surface area contributed by atoms with Gasteiger partial charge >= 0.3 is 12.1 Å². The Balaban J connectivity index is 1.52. The zero-order valence-corrected chi connectivity index (χ0v) is 23.2. The molecule has 0 N–H and O–H groups in total. The Morgan fingerprint density at radius 3 is 2.58 bits per heavy atom. The molecule has 0 bridgehead atoms. The molecule has 0 unspecified atom stereocenters. The Morgan fingerprint density at radius 1 is 1.03 bits per heavy atom. The molecule has 1 fully saturated rings. The highest BCUT2D eigenvalue weighted by Gasteiger charge is 2.28. The van der Waals surface area contributed by atoms with Crippen molar-refractivity contribution in [1.29, 1.82) is 0 Å².